The second kappa shape index (κ2) is 9.22. The number of aromatic hydroxyl groups is 1. The normalized spacial score (nSPS) is 11.0. The van der Waals surface area contributed by atoms with Gasteiger partial charge in [0.15, 0.2) is 0 Å². The lowest BCUT2D eigenvalue weighted by Gasteiger charge is -2.04. The Morgan fingerprint density at radius 1 is 0.957 bits per heavy atom. The Bertz CT molecular complexity index is 642. The predicted octanol–water partition coefficient (Wildman–Crippen LogP) is 1.66. The summed E-state index contributed by atoms with van der Waals surface area (Å²) in [6.07, 6.45) is 0.253. The fourth-order valence-electron chi connectivity index (χ4n) is 1.78. The van der Waals surface area contributed by atoms with Crippen LogP contribution in [0.3, 0.4) is 0 Å². The van der Waals surface area contributed by atoms with Gasteiger partial charge in [0.2, 0.25) is 0 Å². The van der Waals surface area contributed by atoms with Crippen molar-refractivity contribution in [2.24, 2.45) is 5.73 Å². The van der Waals surface area contributed by atoms with E-state index < -0.39 is 18.0 Å². The second-order valence-corrected chi connectivity index (χ2v) is 4.83. The molecule has 5 N–H and O–H groups in total. The third-order valence-corrected chi connectivity index (χ3v) is 2.95. The van der Waals surface area contributed by atoms with Gasteiger partial charge in [-0.15, -0.1) is 0 Å². The smallest absolute Gasteiger partial charge is 0.320 e. The maximum Gasteiger partial charge on any atom is 0.320 e. The van der Waals surface area contributed by atoms with Crippen LogP contribution in [0.2, 0.25) is 0 Å². The van der Waals surface area contributed by atoms with Crippen LogP contribution in [0.4, 0.5) is 0 Å². The SMILES string of the molecule is N[C@@H](Cc1ccccc1)C(=O)O.O=C(O)Cc1ccccc1O. The van der Waals surface area contributed by atoms with Gasteiger partial charge in [-0.2, -0.15) is 0 Å². The van der Waals surface area contributed by atoms with Gasteiger partial charge in [0, 0.05) is 5.56 Å². The van der Waals surface area contributed by atoms with Gasteiger partial charge in [-0.3, -0.25) is 9.59 Å². The Morgan fingerprint density at radius 3 is 2.04 bits per heavy atom. The predicted molar refractivity (Wildman–Crippen MR) is 85.2 cm³/mol. The molecule has 122 valence electrons. The van der Waals surface area contributed by atoms with Crippen LogP contribution in [-0.4, -0.2) is 33.3 Å². The molecule has 0 unspecified atom stereocenters. The molecule has 0 bridgehead atoms. The lowest BCUT2D eigenvalue weighted by Crippen LogP contribution is -2.32. The number of rotatable bonds is 5. The van der Waals surface area contributed by atoms with Crippen LogP contribution in [0.25, 0.3) is 0 Å². The molecule has 6 nitrogen and oxygen atoms in total. The summed E-state index contributed by atoms with van der Waals surface area (Å²) in [5.41, 5.74) is 6.74. The van der Waals surface area contributed by atoms with Crippen LogP contribution in [0.15, 0.2) is 54.6 Å². The summed E-state index contributed by atoms with van der Waals surface area (Å²) in [7, 11) is 0. The molecule has 2 aromatic rings. The molecule has 0 spiro atoms. The fourth-order valence-corrected chi connectivity index (χ4v) is 1.78. The summed E-state index contributed by atoms with van der Waals surface area (Å²) in [4.78, 5) is 20.6. The number of hydrogen-bond donors (Lipinski definition) is 4. The Kier molecular flexibility index (Phi) is 7.29. The fraction of sp³-hybridized carbons (Fsp3) is 0.176. The molecule has 0 radical (unpaired) electrons. The Morgan fingerprint density at radius 2 is 1.52 bits per heavy atom. The molecule has 0 aliphatic heterocycles. The summed E-state index contributed by atoms with van der Waals surface area (Å²) < 4.78 is 0. The van der Waals surface area contributed by atoms with Crippen molar-refractivity contribution < 1.29 is 24.9 Å². The van der Waals surface area contributed by atoms with Crippen LogP contribution >= 0.6 is 0 Å². The van der Waals surface area contributed by atoms with Gasteiger partial charge in [0.1, 0.15) is 11.8 Å². The second-order valence-electron chi connectivity index (χ2n) is 4.83. The van der Waals surface area contributed by atoms with Crippen molar-refractivity contribution >= 4 is 11.9 Å². The minimum Gasteiger partial charge on any atom is -0.508 e. The molecule has 0 aromatic heterocycles. The monoisotopic (exact) mass is 317 g/mol. The number of benzene rings is 2. The molecule has 0 heterocycles. The number of nitrogens with two attached hydrogens (primary N) is 1. The standard InChI is InChI=1S/C9H11NO2.C8H8O3/c10-8(9(11)12)6-7-4-2-1-3-5-7;9-7-4-2-1-3-6(7)5-8(10)11/h1-5,8H,6,10H2,(H,11,12);1-4,9H,5H2,(H,10,11)/t8-;/m0./s1. The lowest BCUT2D eigenvalue weighted by molar-refractivity contribution is -0.138. The van der Waals surface area contributed by atoms with Crippen molar-refractivity contribution in [3.63, 3.8) is 0 Å². The van der Waals surface area contributed by atoms with E-state index in [0.29, 0.717) is 12.0 Å². The summed E-state index contributed by atoms with van der Waals surface area (Å²) in [6, 6.07) is 14.9. The highest BCUT2D eigenvalue weighted by atomic mass is 16.4. The minimum absolute atomic E-state index is 0.0369. The topological polar surface area (TPSA) is 121 Å². The number of carboxylic acids is 2. The number of carbonyl (C=O) groups is 2. The van der Waals surface area contributed by atoms with Gasteiger partial charge in [-0.25, -0.2) is 0 Å². The van der Waals surface area contributed by atoms with E-state index in [-0.39, 0.29) is 12.2 Å². The lowest BCUT2D eigenvalue weighted by atomic mass is 10.1. The molecule has 2 rings (SSSR count). The number of hydrogen-bond acceptors (Lipinski definition) is 4. The highest BCUT2D eigenvalue weighted by Crippen LogP contribution is 2.15. The number of para-hydroxylation sites is 1. The number of aliphatic carboxylic acids is 2. The van der Waals surface area contributed by atoms with Gasteiger partial charge in [0.05, 0.1) is 6.42 Å². The highest BCUT2D eigenvalue weighted by molar-refractivity contribution is 5.73. The van der Waals surface area contributed by atoms with Crippen molar-refractivity contribution in [2.45, 2.75) is 18.9 Å². The molecule has 6 heteroatoms. The highest BCUT2D eigenvalue weighted by Gasteiger charge is 2.10. The summed E-state index contributed by atoms with van der Waals surface area (Å²) >= 11 is 0. The van der Waals surface area contributed by atoms with Gasteiger partial charge in [-0.1, -0.05) is 48.5 Å². The van der Waals surface area contributed by atoms with Gasteiger partial charge in [0.25, 0.3) is 0 Å². The first-order valence-electron chi connectivity index (χ1n) is 6.91. The van der Waals surface area contributed by atoms with E-state index >= 15 is 0 Å². The van der Waals surface area contributed by atoms with Crippen LogP contribution in [0.5, 0.6) is 5.75 Å². The number of carboxylic acid groups (broad SMARTS) is 2. The first kappa shape index (κ1) is 18.2. The third kappa shape index (κ3) is 7.10. The Labute approximate surface area is 133 Å². The molecule has 0 fully saturated rings. The first-order valence-corrected chi connectivity index (χ1v) is 6.91. The van der Waals surface area contributed by atoms with E-state index in [0.717, 1.165) is 5.56 Å². The largest absolute Gasteiger partial charge is 0.508 e. The molecule has 23 heavy (non-hydrogen) atoms. The van der Waals surface area contributed by atoms with Crippen LogP contribution < -0.4 is 5.73 Å². The van der Waals surface area contributed by atoms with Gasteiger partial charge >= 0.3 is 11.9 Å². The zero-order chi connectivity index (χ0) is 17.2. The van der Waals surface area contributed by atoms with E-state index in [4.69, 9.17) is 21.1 Å². The Hall–Kier alpha value is -2.86. The van der Waals surface area contributed by atoms with Crippen molar-refractivity contribution in [3.8, 4) is 5.75 Å². The van der Waals surface area contributed by atoms with Crippen LogP contribution in [-0.2, 0) is 22.4 Å². The first-order chi connectivity index (χ1) is 10.9. The summed E-state index contributed by atoms with van der Waals surface area (Å²) in [5.74, 6) is -1.86. The van der Waals surface area contributed by atoms with E-state index in [9.17, 15) is 9.59 Å². The molecule has 2 aromatic carbocycles. The summed E-state index contributed by atoms with van der Waals surface area (Å²) in [6.45, 7) is 0. The average Bonchev–Trinajstić information content (AvgIpc) is 2.51. The number of phenolic OH excluding ortho intramolecular Hbond substituents is 1. The zero-order valence-electron chi connectivity index (χ0n) is 12.4. The minimum atomic E-state index is -0.959. The molecule has 0 aliphatic carbocycles. The quantitative estimate of drug-likeness (QED) is 0.665. The van der Waals surface area contributed by atoms with E-state index in [2.05, 4.69) is 0 Å². The number of phenols is 1. The van der Waals surface area contributed by atoms with E-state index in [1.54, 1.807) is 18.2 Å². The van der Waals surface area contributed by atoms with Gasteiger partial charge < -0.3 is 21.1 Å². The van der Waals surface area contributed by atoms with Crippen LogP contribution in [0, 0.1) is 0 Å². The van der Waals surface area contributed by atoms with Crippen molar-refractivity contribution in [1.29, 1.82) is 0 Å². The molecule has 0 amide bonds. The Balaban J connectivity index is 0.000000231. The third-order valence-electron chi connectivity index (χ3n) is 2.95. The van der Waals surface area contributed by atoms with Crippen LogP contribution in [0.1, 0.15) is 11.1 Å². The molecule has 0 saturated heterocycles. The molecule has 0 aliphatic rings. The average molecular weight is 317 g/mol. The molecule has 1 atom stereocenters. The van der Waals surface area contributed by atoms with E-state index in [1.165, 1.54) is 6.07 Å². The maximum atomic E-state index is 10.4. The zero-order valence-corrected chi connectivity index (χ0v) is 12.4. The maximum absolute atomic E-state index is 10.4. The van der Waals surface area contributed by atoms with Crippen molar-refractivity contribution in [2.75, 3.05) is 0 Å². The molecule has 0 saturated carbocycles. The van der Waals surface area contributed by atoms with E-state index in [1.807, 2.05) is 30.3 Å². The van der Waals surface area contributed by atoms with Crippen molar-refractivity contribution in [1.82, 2.24) is 0 Å². The van der Waals surface area contributed by atoms with Gasteiger partial charge in [-0.05, 0) is 18.1 Å². The summed E-state index contributed by atoms with van der Waals surface area (Å²) in [5, 5.41) is 26.0. The molecular weight excluding hydrogens is 298 g/mol. The molecular formula is C17H19NO5. The van der Waals surface area contributed by atoms with Crippen molar-refractivity contribution in [3.05, 3.63) is 65.7 Å².